The molecule has 3 N–H and O–H groups in total. The molecule has 0 bridgehead atoms. The highest BCUT2D eigenvalue weighted by molar-refractivity contribution is 6.07. The van der Waals surface area contributed by atoms with Gasteiger partial charge < -0.3 is 20.5 Å². The zero-order valence-corrected chi connectivity index (χ0v) is 16.5. The van der Waals surface area contributed by atoms with Crippen molar-refractivity contribution in [3.05, 3.63) is 95.6 Å². The van der Waals surface area contributed by atoms with Crippen LogP contribution in [0, 0.1) is 0 Å². The van der Waals surface area contributed by atoms with E-state index in [4.69, 9.17) is 15.2 Å². The SMILES string of the molecule is COc1cc(/C=C/C(=O)Nc2ccccc2C(N)=O)ccc1OCc1ccccc1. The normalized spacial score (nSPS) is 10.6. The summed E-state index contributed by atoms with van der Waals surface area (Å²) >= 11 is 0. The third-order valence-corrected chi connectivity index (χ3v) is 4.30. The molecule has 0 aliphatic rings. The fourth-order valence-electron chi connectivity index (χ4n) is 2.80. The van der Waals surface area contributed by atoms with E-state index in [1.54, 1.807) is 49.6 Å². The van der Waals surface area contributed by atoms with Crippen molar-refractivity contribution >= 4 is 23.6 Å². The van der Waals surface area contributed by atoms with Crippen molar-refractivity contribution in [1.82, 2.24) is 0 Å². The Bertz CT molecular complexity index is 1060. The number of methoxy groups -OCH3 is 1. The number of hydrogen-bond donors (Lipinski definition) is 2. The molecule has 3 aromatic carbocycles. The van der Waals surface area contributed by atoms with Gasteiger partial charge in [-0.2, -0.15) is 0 Å². The lowest BCUT2D eigenvalue weighted by molar-refractivity contribution is -0.111. The predicted molar refractivity (Wildman–Crippen MR) is 116 cm³/mol. The minimum absolute atomic E-state index is 0.251. The summed E-state index contributed by atoms with van der Waals surface area (Å²) < 4.78 is 11.2. The number of anilines is 1. The maximum Gasteiger partial charge on any atom is 0.250 e. The largest absolute Gasteiger partial charge is 0.493 e. The molecule has 6 heteroatoms. The zero-order valence-electron chi connectivity index (χ0n) is 16.5. The van der Waals surface area contributed by atoms with Crippen LogP contribution < -0.4 is 20.5 Å². The highest BCUT2D eigenvalue weighted by Gasteiger charge is 2.09. The van der Waals surface area contributed by atoms with Crippen LogP contribution in [-0.4, -0.2) is 18.9 Å². The van der Waals surface area contributed by atoms with Gasteiger partial charge in [0.05, 0.1) is 18.4 Å². The number of carbonyl (C=O) groups excluding carboxylic acids is 2. The molecule has 0 aliphatic heterocycles. The Labute approximate surface area is 174 Å². The first kappa shape index (κ1) is 20.7. The van der Waals surface area contributed by atoms with E-state index < -0.39 is 5.91 Å². The number of primary amides is 1. The average Bonchev–Trinajstić information content (AvgIpc) is 2.77. The van der Waals surface area contributed by atoms with E-state index in [0.29, 0.717) is 23.8 Å². The van der Waals surface area contributed by atoms with E-state index in [9.17, 15) is 9.59 Å². The van der Waals surface area contributed by atoms with Gasteiger partial charge in [-0.1, -0.05) is 48.5 Å². The maximum atomic E-state index is 12.2. The minimum atomic E-state index is -0.606. The highest BCUT2D eigenvalue weighted by Crippen LogP contribution is 2.29. The lowest BCUT2D eigenvalue weighted by atomic mass is 10.1. The molecule has 3 rings (SSSR count). The Balaban J connectivity index is 1.67. The van der Waals surface area contributed by atoms with Crippen molar-refractivity contribution < 1.29 is 19.1 Å². The van der Waals surface area contributed by atoms with Crippen LogP contribution in [0.1, 0.15) is 21.5 Å². The molecule has 0 saturated heterocycles. The summed E-state index contributed by atoms with van der Waals surface area (Å²) in [5.41, 5.74) is 7.76. The third kappa shape index (κ3) is 5.48. The molecule has 2 amide bonds. The molecule has 0 saturated carbocycles. The number of amides is 2. The summed E-state index contributed by atoms with van der Waals surface area (Å²) in [7, 11) is 1.56. The molecular formula is C24H22N2O4. The first-order chi connectivity index (χ1) is 14.6. The van der Waals surface area contributed by atoms with Crippen LogP contribution in [0.2, 0.25) is 0 Å². The average molecular weight is 402 g/mol. The molecule has 0 fully saturated rings. The van der Waals surface area contributed by atoms with Crippen LogP contribution in [0.5, 0.6) is 11.5 Å². The first-order valence-corrected chi connectivity index (χ1v) is 9.29. The smallest absolute Gasteiger partial charge is 0.250 e. The molecule has 0 unspecified atom stereocenters. The quantitative estimate of drug-likeness (QED) is 0.557. The van der Waals surface area contributed by atoms with E-state index in [0.717, 1.165) is 11.1 Å². The number of carbonyl (C=O) groups is 2. The molecule has 0 heterocycles. The number of benzene rings is 3. The molecule has 0 spiro atoms. The van der Waals surface area contributed by atoms with E-state index >= 15 is 0 Å². The lowest BCUT2D eigenvalue weighted by Crippen LogP contribution is -2.16. The molecule has 6 nitrogen and oxygen atoms in total. The van der Waals surface area contributed by atoms with Gasteiger partial charge in [0.1, 0.15) is 6.61 Å². The van der Waals surface area contributed by atoms with Gasteiger partial charge in [-0.3, -0.25) is 9.59 Å². The summed E-state index contributed by atoms with van der Waals surface area (Å²) in [6, 6.07) is 21.8. The maximum absolute atomic E-state index is 12.2. The zero-order chi connectivity index (χ0) is 21.3. The third-order valence-electron chi connectivity index (χ3n) is 4.30. The second-order valence-corrected chi connectivity index (χ2v) is 6.42. The van der Waals surface area contributed by atoms with Gasteiger partial charge in [0.2, 0.25) is 5.91 Å². The van der Waals surface area contributed by atoms with Crippen LogP contribution in [0.15, 0.2) is 78.9 Å². The fourth-order valence-corrected chi connectivity index (χ4v) is 2.80. The van der Waals surface area contributed by atoms with Crippen molar-refractivity contribution in [2.24, 2.45) is 5.73 Å². The summed E-state index contributed by atoms with van der Waals surface area (Å²) in [6.45, 7) is 0.425. The van der Waals surface area contributed by atoms with Crippen LogP contribution >= 0.6 is 0 Å². The Kier molecular flexibility index (Phi) is 6.84. The second kappa shape index (κ2) is 9.93. The number of nitrogens with one attached hydrogen (secondary N) is 1. The molecule has 0 aromatic heterocycles. The number of hydrogen-bond acceptors (Lipinski definition) is 4. The van der Waals surface area contributed by atoms with Crippen molar-refractivity contribution in [3.8, 4) is 11.5 Å². The summed E-state index contributed by atoms with van der Waals surface area (Å²) in [4.78, 5) is 23.7. The van der Waals surface area contributed by atoms with E-state index in [2.05, 4.69) is 5.32 Å². The minimum Gasteiger partial charge on any atom is -0.493 e. The Hall–Kier alpha value is -4.06. The van der Waals surface area contributed by atoms with Gasteiger partial charge in [0.15, 0.2) is 11.5 Å². The number of nitrogens with two attached hydrogens (primary N) is 1. The van der Waals surface area contributed by atoms with Crippen molar-refractivity contribution in [3.63, 3.8) is 0 Å². The van der Waals surface area contributed by atoms with Crippen LogP contribution in [-0.2, 0) is 11.4 Å². The fraction of sp³-hybridized carbons (Fsp3) is 0.0833. The Morgan fingerprint density at radius 2 is 1.70 bits per heavy atom. The number of rotatable bonds is 8. The van der Waals surface area contributed by atoms with Crippen molar-refractivity contribution in [2.75, 3.05) is 12.4 Å². The summed E-state index contributed by atoms with van der Waals surface area (Å²) in [5.74, 6) is 0.184. The van der Waals surface area contributed by atoms with Crippen LogP contribution in [0.3, 0.4) is 0 Å². The van der Waals surface area contributed by atoms with Gasteiger partial charge in [-0.05, 0) is 41.5 Å². The summed E-state index contributed by atoms with van der Waals surface area (Å²) in [6.07, 6.45) is 3.02. The number of ether oxygens (including phenoxy) is 2. The molecule has 30 heavy (non-hydrogen) atoms. The van der Waals surface area contributed by atoms with Crippen LogP contribution in [0.25, 0.3) is 6.08 Å². The predicted octanol–water partition coefficient (Wildman–Crippen LogP) is 4.03. The molecule has 0 radical (unpaired) electrons. The van der Waals surface area contributed by atoms with Crippen LogP contribution in [0.4, 0.5) is 5.69 Å². The molecule has 0 atom stereocenters. The van der Waals surface area contributed by atoms with Gasteiger partial charge in [0.25, 0.3) is 5.91 Å². The molecular weight excluding hydrogens is 380 g/mol. The van der Waals surface area contributed by atoms with Crippen molar-refractivity contribution in [2.45, 2.75) is 6.61 Å². The van der Waals surface area contributed by atoms with E-state index in [1.165, 1.54) is 6.08 Å². The van der Waals surface area contributed by atoms with E-state index in [1.807, 2.05) is 36.4 Å². The second-order valence-electron chi connectivity index (χ2n) is 6.42. The Morgan fingerprint density at radius 1 is 0.967 bits per heavy atom. The molecule has 3 aromatic rings. The molecule has 0 aliphatic carbocycles. The number of para-hydroxylation sites is 1. The summed E-state index contributed by atoms with van der Waals surface area (Å²) in [5, 5.41) is 2.66. The van der Waals surface area contributed by atoms with Gasteiger partial charge in [-0.25, -0.2) is 0 Å². The standard InChI is InChI=1S/C24H22N2O4/c1-29-22-15-17(11-13-21(22)30-16-18-7-3-2-4-8-18)12-14-23(27)26-20-10-6-5-9-19(20)24(25)28/h2-15H,16H2,1H3,(H2,25,28)(H,26,27)/b14-12+. The van der Waals surface area contributed by atoms with E-state index in [-0.39, 0.29) is 11.5 Å². The van der Waals surface area contributed by atoms with Gasteiger partial charge in [-0.15, -0.1) is 0 Å². The first-order valence-electron chi connectivity index (χ1n) is 9.29. The Morgan fingerprint density at radius 3 is 2.43 bits per heavy atom. The topological polar surface area (TPSA) is 90.6 Å². The lowest BCUT2D eigenvalue weighted by Gasteiger charge is -2.11. The molecule has 152 valence electrons. The van der Waals surface area contributed by atoms with Gasteiger partial charge >= 0.3 is 0 Å². The van der Waals surface area contributed by atoms with Crippen molar-refractivity contribution in [1.29, 1.82) is 0 Å². The monoisotopic (exact) mass is 402 g/mol. The highest BCUT2D eigenvalue weighted by atomic mass is 16.5. The van der Waals surface area contributed by atoms with Gasteiger partial charge in [0, 0.05) is 6.08 Å².